The molecule has 0 amide bonds. The quantitative estimate of drug-likeness (QED) is 0.719. The van der Waals surface area contributed by atoms with Crippen LogP contribution in [0.15, 0.2) is 0 Å². The maximum Gasteiger partial charge on any atom is 0.0850 e. The molecule has 0 aliphatic carbocycles. The van der Waals surface area contributed by atoms with Crippen LogP contribution in [0.25, 0.3) is 0 Å². The van der Waals surface area contributed by atoms with E-state index in [4.69, 9.17) is 16.3 Å². The fourth-order valence-electron chi connectivity index (χ4n) is 2.45. The van der Waals surface area contributed by atoms with Crippen LogP contribution >= 0.6 is 11.6 Å². The fraction of sp³-hybridized carbons (Fsp3) is 0.812. The summed E-state index contributed by atoms with van der Waals surface area (Å²) in [6.07, 6.45) is 5.35. The lowest BCUT2D eigenvalue weighted by Crippen LogP contribution is -2.33. The fourth-order valence-corrected chi connectivity index (χ4v) is 2.82. The van der Waals surface area contributed by atoms with E-state index in [0.29, 0.717) is 12.1 Å². The Balaban J connectivity index is 2.73. The van der Waals surface area contributed by atoms with Crippen LogP contribution in [0.3, 0.4) is 0 Å². The van der Waals surface area contributed by atoms with Crippen LogP contribution in [0.4, 0.5) is 0 Å². The molecule has 1 N–H and O–H groups in total. The Hall–Kier alpha value is -0.580. The molecule has 0 fully saturated rings. The molecule has 2 unspecified atom stereocenters. The minimum Gasteiger partial charge on any atom is -0.382 e. The number of aryl methyl sites for hydroxylation is 2. The Bertz CT molecular complexity index is 420. The average molecular weight is 316 g/mol. The number of nitrogens with zero attached hydrogens (tertiary/aromatic N) is 2. The molecule has 4 nitrogen and oxygen atoms in total. The highest BCUT2D eigenvalue weighted by Crippen LogP contribution is 2.23. The predicted octanol–water partition coefficient (Wildman–Crippen LogP) is 3.36. The van der Waals surface area contributed by atoms with Gasteiger partial charge in [-0.05, 0) is 39.2 Å². The summed E-state index contributed by atoms with van der Waals surface area (Å²) in [5.74, 6) is 0. The molecule has 1 aromatic heterocycles. The van der Waals surface area contributed by atoms with Gasteiger partial charge in [0.1, 0.15) is 0 Å². The van der Waals surface area contributed by atoms with Crippen molar-refractivity contribution in [2.45, 2.75) is 65.0 Å². The van der Waals surface area contributed by atoms with E-state index in [0.717, 1.165) is 55.1 Å². The van der Waals surface area contributed by atoms with Gasteiger partial charge in [0, 0.05) is 26.6 Å². The first-order chi connectivity index (χ1) is 10.0. The molecule has 0 aliphatic heterocycles. The molecule has 2 atom stereocenters. The van der Waals surface area contributed by atoms with Gasteiger partial charge in [0.2, 0.25) is 0 Å². The van der Waals surface area contributed by atoms with Crippen LogP contribution < -0.4 is 5.32 Å². The van der Waals surface area contributed by atoms with Crippen molar-refractivity contribution in [1.29, 1.82) is 0 Å². The van der Waals surface area contributed by atoms with Crippen LogP contribution in [0.5, 0.6) is 0 Å². The SMILES string of the molecule is CCCNC(CCC(C)OC)Cc1c(Cl)c(CC)nn1C. The van der Waals surface area contributed by atoms with Gasteiger partial charge in [0.05, 0.1) is 22.5 Å². The normalized spacial score (nSPS) is 14.4. The van der Waals surface area contributed by atoms with Crippen molar-refractivity contribution in [3.63, 3.8) is 0 Å². The highest BCUT2D eigenvalue weighted by atomic mass is 35.5. The van der Waals surface area contributed by atoms with Gasteiger partial charge >= 0.3 is 0 Å². The second kappa shape index (κ2) is 9.44. The number of rotatable bonds is 10. The first-order valence-electron chi connectivity index (χ1n) is 7.99. The number of aromatic nitrogens is 2. The lowest BCUT2D eigenvalue weighted by atomic mass is 10.0. The second-order valence-corrected chi connectivity index (χ2v) is 6.04. The van der Waals surface area contributed by atoms with Gasteiger partial charge in [-0.25, -0.2) is 0 Å². The summed E-state index contributed by atoms with van der Waals surface area (Å²) in [6.45, 7) is 7.42. The number of nitrogens with one attached hydrogen (secondary N) is 1. The first-order valence-corrected chi connectivity index (χ1v) is 8.37. The molecule has 1 aromatic rings. The van der Waals surface area contributed by atoms with Crippen LogP contribution in [-0.2, 0) is 24.6 Å². The van der Waals surface area contributed by atoms with Crippen LogP contribution in [0, 0.1) is 0 Å². The molecule has 0 aliphatic rings. The summed E-state index contributed by atoms with van der Waals surface area (Å²) < 4.78 is 7.28. The third kappa shape index (κ3) is 5.61. The van der Waals surface area contributed by atoms with Crippen molar-refractivity contribution >= 4 is 11.6 Å². The van der Waals surface area contributed by atoms with Gasteiger partial charge in [0.15, 0.2) is 0 Å². The van der Waals surface area contributed by atoms with Crippen LogP contribution in [-0.4, -0.2) is 35.6 Å². The highest BCUT2D eigenvalue weighted by molar-refractivity contribution is 6.31. The number of methoxy groups -OCH3 is 1. The topological polar surface area (TPSA) is 39.1 Å². The summed E-state index contributed by atoms with van der Waals surface area (Å²) >= 11 is 6.46. The lowest BCUT2D eigenvalue weighted by molar-refractivity contribution is 0.106. The summed E-state index contributed by atoms with van der Waals surface area (Å²) in [4.78, 5) is 0. The molecule has 0 radical (unpaired) electrons. The zero-order chi connectivity index (χ0) is 15.8. The predicted molar refractivity (Wildman–Crippen MR) is 89.1 cm³/mol. The molecule has 5 heteroatoms. The number of ether oxygens (including phenoxy) is 1. The Labute approximate surface area is 134 Å². The average Bonchev–Trinajstić information content (AvgIpc) is 2.76. The lowest BCUT2D eigenvalue weighted by Gasteiger charge is -2.20. The van der Waals surface area contributed by atoms with Crippen molar-refractivity contribution in [3.8, 4) is 0 Å². The van der Waals surface area contributed by atoms with Gasteiger partial charge in [-0.2, -0.15) is 5.10 Å². The largest absolute Gasteiger partial charge is 0.382 e. The molecule has 0 spiro atoms. The van der Waals surface area contributed by atoms with Gasteiger partial charge < -0.3 is 10.1 Å². The molecule has 1 rings (SSSR count). The Morgan fingerprint density at radius 1 is 1.33 bits per heavy atom. The Morgan fingerprint density at radius 2 is 2.05 bits per heavy atom. The molecule has 0 aromatic carbocycles. The zero-order valence-corrected chi connectivity index (χ0v) is 14.8. The van der Waals surface area contributed by atoms with E-state index in [2.05, 4.69) is 31.2 Å². The molecule has 0 bridgehead atoms. The third-order valence-corrected chi connectivity index (χ3v) is 4.39. The summed E-state index contributed by atoms with van der Waals surface area (Å²) in [7, 11) is 3.75. The van der Waals surface area contributed by atoms with Crippen molar-refractivity contribution < 1.29 is 4.74 Å². The van der Waals surface area contributed by atoms with E-state index in [1.165, 1.54) is 0 Å². The standard InChI is InChI=1S/C16H30ClN3O/c1-6-10-18-13(9-8-12(3)21-5)11-15-16(17)14(7-2)19-20(15)4/h12-13,18H,6-11H2,1-5H3. The first kappa shape index (κ1) is 18.5. The number of hydrogen-bond acceptors (Lipinski definition) is 3. The van der Waals surface area contributed by atoms with E-state index in [1.54, 1.807) is 7.11 Å². The van der Waals surface area contributed by atoms with Crippen LogP contribution in [0.2, 0.25) is 5.02 Å². The van der Waals surface area contributed by atoms with Crippen LogP contribution in [0.1, 0.15) is 51.4 Å². The maximum absolute atomic E-state index is 6.46. The number of halogens is 1. The Morgan fingerprint density at radius 3 is 2.57 bits per heavy atom. The van der Waals surface area contributed by atoms with Gasteiger partial charge in [-0.15, -0.1) is 0 Å². The molecule has 0 saturated heterocycles. The smallest absolute Gasteiger partial charge is 0.0850 e. The molecule has 122 valence electrons. The van der Waals surface area contributed by atoms with E-state index < -0.39 is 0 Å². The Kier molecular flexibility index (Phi) is 8.30. The molecular weight excluding hydrogens is 286 g/mol. The monoisotopic (exact) mass is 315 g/mol. The van der Waals surface area contributed by atoms with Gasteiger partial charge in [-0.1, -0.05) is 25.4 Å². The second-order valence-electron chi connectivity index (χ2n) is 5.66. The molecule has 21 heavy (non-hydrogen) atoms. The molecular formula is C16H30ClN3O. The van der Waals surface area contributed by atoms with Gasteiger partial charge in [0.25, 0.3) is 0 Å². The number of hydrogen-bond donors (Lipinski definition) is 1. The third-order valence-electron chi connectivity index (χ3n) is 3.95. The van der Waals surface area contributed by atoms with E-state index in [-0.39, 0.29) is 0 Å². The minimum absolute atomic E-state index is 0.295. The molecule has 0 saturated carbocycles. The summed E-state index contributed by atoms with van der Waals surface area (Å²) in [5.41, 5.74) is 2.13. The van der Waals surface area contributed by atoms with E-state index >= 15 is 0 Å². The van der Waals surface area contributed by atoms with Crippen molar-refractivity contribution in [2.24, 2.45) is 7.05 Å². The summed E-state index contributed by atoms with van der Waals surface area (Å²) in [5, 5.41) is 8.97. The van der Waals surface area contributed by atoms with Gasteiger partial charge in [-0.3, -0.25) is 4.68 Å². The minimum atomic E-state index is 0.295. The van der Waals surface area contributed by atoms with Crippen molar-refractivity contribution in [3.05, 3.63) is 16.4 Å². The van der Waals surface area contributed by atoms with Crippen molar-refractivity contribution in [2.75, 3.05) is 13.7 Å². The van der Waals surface area contributed by atoms with E-state index in [9.17, 15) is 0 Å². The van der Waals surface area contributed by atoms with Crippen molar-refractivity contribution in [1.82, 2.24) is 15.1 Å². The molecule has 1 heterocycles. The zero-order valence-electron chi connectivity index (χ0n) is 14.1. The highest BCUT2D eigenvalue weighted by Gasteiger charge is 2.18. The summed E-state index contributed by atoms with van der Waals surface area (Å²) in [6, 6.07) is 0.417. The van der Waals surface area contributed by atoms with E-state index in [1.807, 2.05) is 11.7 Å². The maximum atomic E-state index is 6.46.